The molecule has 0 unspecified atom stereocenters. The highest BCUT2D eigenvalue weighted by Crippen LogP contribution is 2.29. The number of aromatic hydroxyl groups is 1. The minimum Gasteiger partial charge on any atom is -0.508 e. The van der Waals surface area contributed by atoms with Crippen LogP contribution < -0.4 is 10.2 Å². The third-order valence-corrected chi connectivity index (χ3v) is 4.82. The summed E-state index contributed by atoms with van der Waals surface area (Å²) < 4.78 is 5.97. The van der Waals surface area contributed by atoms with Crippen LogP contribution in [0.25, 0.3) is 11.3 Å². The number of hydrazone groups is 1. The molecular formula is C24H19ClN4O3. The Bertz CT molecular complexity index is 1230. The van der Waals surface area contributed by atoms with Gasteiger partial charge in [0.05, 0.1) is 11.9 Å². The van der Waals surface area contributed by atoms with Gasteiger partial charge in [0.25, 0.3) is 5.91 Å². The summed E-state index contributed by atoms with van der Waals surface area (Å²) in [7, 11) is 0. The number of aromatic nitrogens is 2. The molecule has 0 atom stereocenters. The van der Waals surface area contributed by atoms with Crippen molar-refractivity contribution in [3.8, 4) is 22.8 Å². The van der Waals surface area contributed by atoms with Gasteiger partial charge < -0.3 is 9.84 Å². The Balaban J connectivity index is 1.43. The summed E-state index contributed by atoms with van der Waals surface area (Å²) >= 11 is 5.93. The Labute approximate surface area is 189 Å². The largest absolute Gasteiger partial charge is 0.508 e. The number of carbonyl (C=O) groups is 1. The van der Waals surface area contributed by atoms with Crippen LogP contribution >= 0.6 is 11.6 Å². The molecule has 1 amide bonds. The van der Waals surface area contributed by atoms with E-state index < -0.39 is 5.91 Å². The van der Waals surface area contributed by atoms with E-state index in [4.69, 9.17) is 16.3 Å². The summed E-state index contributed by atoms with van der Waals surface area (Å²) in [5.41, 5.74) is 5.75. The smallest absolute Gasteiger partial charge is 0.289 e. The molecule has 4 aromatic rings. The van der Waals surface area contributed by atoms with Gasteiger partial charge in [-0.15, -0.1) is 0 Å². The number of halogens is 1. The molecule has 1 aromatic heterocycles. The van der Waals surface area contributed by atoms with Crippen molar-refractivity contribution in [2.45, 2.75) is 6.61 Å². The van der Waals surface area contributed by atoms with Crippen molar-refractivity contribution in [3.05, 3.63) is 101 Å². The SMILES string of the molecule is O=C(NN=Cc1ccc(O)cc1)c1cc(-c2ccccc2OCc2ccc(Cl)cc2)n[nH]1. The van der Waals surface area contributed by atoms with Crippen molar-refractivity contribution in [2.24, 2.45) is 5.10 Å². The Hall–Kier alpha value is -4.10. The predicted octanol–water partition coefficient (Wildman–Crippen LogP) is 4.78. The minimum absolute atomic E-state index is 0.161. The number of rotatable bonds is 7. The van der Waals surface area contributed by atoms with Gasteiger partial charge >= 0.3 is 0 Å². The Morgan fingerprint density at radius 1 is 1.09 bits per heavy atom. The lowest BCUT2D eigenvalue weighted by molar-refractivity contribution is 0.0950. The van der Waals surface area contributed by atoms with Crippen LogP contribution in [0.2, 0.25) is 5.02 Å². The quantitative estimate of drug-likeness (QED) is 0.281. The fourth-order valence-electron chi connectivity index (χ4n) is 2.91. The highest BCUT2D eigenvalue weighted by atomic mass is 35.5. The summed E-state index contributed by atoms with van der Waals surface area (Å²) in [6.45, 7) is 0.373. The fraction of sp³-hybridized carbons (Fsp3) is 0.0417. The molecule has 0 aliphatic heterocycles. The van der Waals surface area contributed by atoms with E-state index in [0.717, 1.165) is 16.7 Å². The van der Waals surface area contributed by atoms with Gasteiger partial charge in [-0.1, -0.05) is 35.9 Å². The molecule has 0 saturated carbocycles. The third kappa shape index (κ3) is 5.33. The zero-order valence-electron chi connectivity index (χ0n) is 16.8. The second-order valence-corrected chi connectivity index (χ2v) is 7.31. The van der Waals surface area contributed by atoms with Gasteiger partial charge in [0, 0.05) is 10.6 Å². The van der Waals surface area contributed by atoms with Gasteiger partial charge in [0.1, 0.15) is 23.8 Å². The zero-order valence-corrected chi connectivity index (χ0v) is 17.6. The standard InChI is InChI=1S/C24H19ClN4O3/c25-18-9-5-17(6-10-18)15-32-23-4-2-1-3-20(23)21-13-22(28-27-21)24(31)29-26-14-16-7-11-19(30)12-8-16/h1-14,30H,15H2,(H,27,28)(H,29,31). The van der Waals surface area contributed by atoms with E-state index in [9.17, 15) is 9.90 Å². The van der Waals surface area contributed by atoms with Crippen molar-refractivity contribution >= 4 is 23.7 Å². The number of carbonyl (C=O) groups excluding carboxylic acids is 1. The van der Waals surface area contributed by atoms with Crippen LogP contribution in [0.15, 0.2) is 84.0 Å². The van der Waals surface area contributed by atoms with Crippen LogP contribution in [-0.2, 0) is 6.61 Å². The third-order valence-electron chi connectivity index (χ3n) is 4.57. The number of aromatic amines is 1. The summed E-state index contributed by atoms with van der Waals surface area (Å²) in [6.07, 6.45) is 1.48. The number of phenols is 1. The van der Waals surface area contributed by atoms with Gasteiger partial charge in [0.2, 0.25) is 0 Å². The number of nitrogens with zero attached hydrogens (tertiary/aromatic N) is 2. The second kappa shape index (κ2) is 9.80. The Kier molecular flexibility index (Phi) is 6.48. The van der Waals surface area contributed by atoms with Crippen LogP contribution in [-0.4, -0.2) is 27.4 Å². The summed E-state index contributed by atoms with van der Waals surface area (Å²) in [4.78, 5) is 12.4. The molecule has 0 radical (unpaired) electrons. The van der Waals surface area contributed by atoms with Crippen molar-refractivity contribution in [3.63, 3.8) is 0 Å². The van der Waals surface area contributed by atoms with E-state index in [2.05, 4.69) is 20.7 Å². The molecule has 0 aliphatic rings. The number of amides is 1. The first-order valence-electron chi connectivity index (χ1n) is 9.73. The maximum absolute atomic E-state index is 12.4. The molecule has 3 aromatic carbocycles. The first-order valence-corrected chi connectivity index (χ1v) is 10.1. The van der Waals surface area contributed by atoms with Gasteiger partial charge in [-0.3, -0.25) is 9.89 Å². The van der Waals surface area contributed by atoms with E-state index in [0.29, 0.717) is 23.1 Å². The Morgan fingerprint density at radius 2 is 1.84 bits per heavy atom. The van der Waals surface area contributed by atoms with Crippen molar-refractivity contribution in [1.29, 1.82) is 0 Å². The monoisotopic (exact) mass is 446 g/mol. The van der Waals surface area contributed by atoms with E-state index >= 15 is 0 Å². The number of hydrogen-bond donors (Lipinski definition) is 3. The zero-order chi connectivity index (χ0) is 22.3. The van der Waals surface area contributed by atoms with Gasteiger partial charge in [-0.05, 0) is 65.7 Å². The predicted molar refractivity (Wildman–Crippen MR) is 123 cm³/mol. The lowest BCUT2D eigenvalue weighted by atomic mass is 10.1. The first kappa shape index (κ1) is 21.1. The van der Waals surface area contributed by atoms with Crippen LogP contribution in [0, 0.1) is 0 Å². The minimum atomic E-state index is -0.432. The molecule has 7 nitrogen and oxygen atoms in total. The van der Waals surface area contributed by atoms with Crippen molar-refractivity contribution < 1.29 is 14.6 Å². The van der Waals surface area contributed by atoms with Crippen molar-refractivity contribution in [2.75, 3.05) is 0 Å². The molecule has 0 bridgehead atoms. The molecule has 1 heterocycles. The van der Waals surface area contributed by atoms with Crippen LogP contribution in [0.4, 0.5) is 0 Å². The summed E-state index contributed by atoms with van der Waals surface area (Å²) in [6, 6.07) is 23.0. The van der Waals surface area contributed by atoms with Gasteiger partial charge in [0.15, 0.2) is 0 Å². The van der Waals surface area contributed by atoms with Gasteiger partial charge in [-0.2, -0.15) is 10.2 Å². The molecule has 0 aliphatic carbocycles. The highest BCUT2D eigenvalue weighted by Gasteiger charge is 2.14. The van der Waals surface area contributed by atoms with Crippen LogP contribution in [0.3, 0.4) is 0 Å². The number of hydrogen-bond acceptors (Lipinski definition) is 5. The average Bonchev–Trinajstić information content (AvgIpc) is 3.30. The average molecular weight is 447 g/mol. The molecule has 32 heavy (non-hydrogen) atoms. The van der Waals surface area contributed by atoms with E-state index in [1.165, 1.54) is 18.3 Å². The number of benzene rings is 3. The number of H-pyrrole nitrogens is 1. The Morgan fingerprint density at radius 3 is 2.62 bits per heavy atom. The van der Waals surface area contributed by atoms with Crippen LogP contribution in [0.1, 0.15) is 21.6 Å². The number of ether oxygens (including phenoxy) is 1. The molecule has 3 N–H and O–H groups in total. The molecule has 0 spiro atoms. The maximum atomic E-state index is 12.4. The van der Waals surface area contributed by atoms with E-state index in [-0.39, 0.29) is 11.4 Å². The molecule has 0 fully saturated rings. The van der Waals surface area contributed by atoms with E-state index in [1.807, 2.05) is 48.5 Å². The van der Waals surface area contributed by atoms with Gasteiger partial charge in [-0.25, -0.2) is 5.43 Å². The number of para-hydroxylation sites is 1. The number of nitrogens with one attached hydrogen (secondary N) is 2. The van der Waals surface area contributed by atoms with E-state index in [1.54, 1.807) is 18.2 Å². The summed E-state index contributed by atoms with van der Waals surface area (Å²) in [5.74, 6) is 0.373. The molecular weight excluding hydrogens is 428 g/mol. The first-order chi connectivity index (χ1) is 15.6. The molecule has 4 rings (SSSR count). The molecule has 0 saturated heterocycles. The summed E-state index contributed by atoms with van der Waals surface area (Å²) in [5, 5.41) is 20.9. The number of phenolic OH excluding ortho intramolecular Hbond substituents is 1. The normalized spacial score (nSPS) is 10.9. The maximum Gasteiger partial charge on any atom is 0.289 e. The fourth-order valence-corrected chi connectivity index (χ4v) is 3.03. The highest BCUT2D eigenvalue weighted by molar-refractivity contribution is 6.30. The lowest BCUT2D eigenvalue weighted by Crippen LogP contribution is -2.17. The second-order valence-electron chi connectivity index (χ2n) is 6.87. The molecule has 160 valence electrons. The lowest BCUT2D eigenvalue weighted by Gasteiger charge is -2.10. The molecule has 8 heteroatoms. The topological polar surface area (TPSA) is 99.6 Å². The van der Waals surface area contributed by atoms with Crippen molar-refractivity contribution in [1.82, 2.24) is 15.6 Å². The van der Waals surface area contributed by atoms with Crippen LogP contribution in [0.5, 0.6) is 11.5 Å².